The third-order valence-electron chi connectivity index (χ3n) is 3.77. The molecule has 0 aliphatic heterocycles. The van der Waals surface area contributed by atoms with Gasteiger partial charge < -0.3 is 9.47 Å². The van der Waals surface area contributed by atoms with E-state index in [2.05, 4.69) is 36.4 Å². The first-order valence-corrected chi connectivity index (χ1v) is 10.8. The molecule has 0 amide bonds. The maximum absolute atomic E-state index is 5.95. The summed E-state index contributed by atoms with van der Waals surface area (Å²) in [7, 11) is 0. The normalized spacial score (nSPS) is 10.4. The van der Waals surface area contributed by atoms with Gasteiger partial charge in [0.15, 0.2) is 7.14 Å². The fraction of sp³-hybridized carbons (Fsp3) is 0. The van der Waals surface area contributed by atoms with Gasteiger partial charge in [-0.1, -0.05) is 48.5 Å². The molecule has 0 fully saturated rings. The van der Waals surface area contributed by atoms with Crippen LogP contribution in [0.15, 0.2) is 109 Å². The van der Waals surface area contributed by atoms with Gasteiger partial charge in [-0.05, 0) is 48.5 Å². The number of hydrogen-bond donors (Lipinski definition) is 0. The number of benzene rings is 4. The van der Waals surface area contributed by atoms with Crippen LogP contribution in [0.4, 0.5) is 0 Å². The summed E-state index contributed by atoms with van der Waals surface area (Å²) in [6, 6.07) is 36.4. The predicted octanol–water partition coefficient (Wildman–Crippen LogP) is 3.40. The zero-order chi connectivity index (χ0) is 18.3. The Hall–Kier alpha value is -2.79. The van der Waals surface area contributed by atoms with E-state index in [4.69, 9.17) is 9.47 Å². The average molecular weight is 465 g/mol. The summed E-state index contributed by atoms with van der Waals surface area (Å²) in [6.07, 6.45) is 0. The fourth-order valence-electron chi connectivity index (χ4n) is 2.55. The molecule has 0 unspecified atom stereocenters. The number of halogens is 1. The van der Waals surface area contributed by atoms with Crippen LogP contribution in [-0.4, -0.2) is 0 Å². The lowest BCUT2D eigenvalue weighted by Crippen LogP contribution is -3.61. The molecule has 4 aromatic rings. The highest BCUT2D eigenvalue weighted by molar-refractivity contribution is 5.31. The van der Waals surface area contributed by atoms with Crippen molar-refractivity contribution in [2.24, 2.45) is 0 Å². The van der Waals surface area contributed by atoms with Gasteiger partial charge in [-0.25, -0.2) is 0 Å². The van der Waals surface area contributed by atoms with Gasteiger partial charge in [0, 0.05) is 12.1 Å². The van der Waals surface area contributed by atoms with Crippen LogP contribution in [0.25, 0.3) is 0 Å². The largest absolute Gasteiger partial charge is 0.457 e. The van der Waals surface area contributed by atoms with Crippen LogP contribution >= 0.6 is 0 Å². The summed E-state index contributed by atoms with van der Waals surface area (Å²) in [6.45, 7) is 0. The summed E-state index contributed by atoms with van der Waals surface area (Å²) in [4.78, 5) is 0. The van der Waals surface area contributed by atoms with E-state index in [0.29, 0.717) is 0 Å². The smallest absolute Gasteiger partial charge is 0.358 e. The predicted molar refractivity (Wildman–Crippen MR) is 103 cm³/mol. The van der Waals surface area contributed by atoms with Gasteiger partial charge >= 0.3 is 21.2 Å². The molecular weight excluding hydrogens is 447 g/mol. The van der Waals surface area contributed by atoms with Crippen molar-refractivity contribution >= 4 is 0 Å². The quantitative estimate of drug-likeness (QED) is 0.407. The second-order valence-electron chi connectivity index (χ2n) is 5.84. The number of para-hydroxylation sites is 2. The van der Waals surface area contributed by atoms with Crippen LogP contribution in [0.3, 0.4) is 0 Å². The molecule has 4 rings (SSSR count). The van der Waals surface area contributed by atoms with Crippen LogP contribution < -0.4 is 30.7 Å². The zero-order valence-corrected chi connectivity index (χ0v) is 16.7. The lowest BCUT2D eigenvalue weighted by Gasteiger charge is -2.05. The van der Waals surface area contributed by atoms with E-state index in [1.54, 1.807) is 0 Å². The molecule has 0 bridgehead atoms. The van der Waals surface area contributed by atoms with E-state index in [1.165, 1.54) is 7.14 Å². The molecule has 3 heteroatoms. The standard InChI is InChI=1S/C24H18IO2/c1-3-11-21(12-4-1)26-23-15-7-9-19(17-23)25-20-10-8-16-24(18-20)27-22-13-5-2-6-14-22/h1-18H/q+1. The highest BCUT2D eigenvalue weighted by atomic mass is 127. The lowest BCUT2D eigenvalue weighted by atomic mass is 10.3. The molecule has 0 saturated carbocycles. The van der Waals surface area contributed by atoms with E-state index in [1.807, 2.05) is 72.8 Å². The molecule has 0 heterocycles. The van der Waals surface area contributed by atoms with E-state index in [9.17, 15) is 0 Å². The van der Waals surface area contributed by atoms with Gasteiger partial charge in [0.05, 0.1) is 0 Å². The van der Waals surface area contributed by atoms with Crippen molar-refractivity contribution in [3.8, 4) is 23.0 Å². The minimum absolute atomic E-state index is 0.317. The molecule has 0 saturated heterocycles. The first-order chi connectivity index (χ1) is 13.3. The Morgan fingerprint density at radius 3 is 1.26 bits per heavy atom. The van der Waals surface area contributed by atoms with Crippen molar-refractivity contribution in [2.75, 3.05) is 0 Å². The SMILES string of the molecule is c1ccc(Oc2cccc([I+]c3cccc(Oc4ccccc4)c3)c2)cc1. The Labute approximate surface area is 169 Å². The van der Waals surface area contributed by atoms with Gasteiger partial charge in [0.1, 0.15) is 23.0 Å². The third kappa shape index (κ3) is 5.11. The maximum Gasteiger partial charge on any atom is 0.358 e. The Morgan fingerprint density at radius 1 is 0.407 bits per heavy atom. The van der Waals surface area contributed by atoms with Gasteiger partial charge in [-0.2, -0.15) is 0 Å². The molecular formula is C24H18IO2+. The highest BCUT2D eigenvalue weighted by Crippen LogP contribution is 2.21. The van der Waals surface area contributed by atoms with Gasteiger partial charge in [0.25, 0.3) is 0 Å². The second kappa shape index (κ2) is 8.73. The fourth-order valence-corrected chi connectivity index (χ4v) is 4.97. The van der Waals surface area contributed by atoms with Gasteiger partial charge in [-0.3, -0.25) is 0 Å². The van der Waals surface area contributed by atoms with Gasteiger partial charge in [-0.15, -0.1) is 0 Å². The number of rotatable bonds is 6. The van der Waals surface area contributed by atoms with Crippen molar-refractivity contribution in [2.45, 2.75) is 0 Å². The summed E-state index contributed by atoms with van der Waals surface area (Å²) in [5.74, 6) is 3.45. The van der Waals surface area contributed by atoms with Crippen molar-refractivity contribution in [1.82, 2.24) is 0 Å². The molecule has 0 spiro atoms. The van der Waals surface area contributed by atoms with E-state index >= 15 is 0 Å². The lowest BCUT2D eigenvalue weighted by molar-refractivity contribution is -0.597. The monoisotopic (exact) mass is 465 g/mol. The van der Waals surface area contributed by atoms with Crippen LogP contribution in [-0.2, 0) is 0 Å². The second-order valence-corrected chi connectivity index (χ2v) is 8.87. The molecule has 0 aromatic heterocycles. The summed E-state index contributed by atoms with van der Waals surface area (Å²) < 4.78 is 14.5. The molecule has 132 valence electrons. The van der Waals surface area contributed by atoms with E-state index < -0.39 is 0 Å². The minimum atomic E-state index is -0.317. The Morgan fingerprint density at radius 2 is 0.815 bits per heavy atom. The number of ether oxygens (including phenoxy) is 2. The molecule has 0 aliphatic carbocycles. The molecule has 2 nitrogen and oxygen atoms in total. The first kappa shape index (κ1) is 17.6. The molecule has 0 atom stereocenters. The van der Waals surface area contributed by atoms with Crippen LogP contribution in [0.2, 0.25) is 0 Å². The van der Waals surface area contributed by atoms with Crippen LogP contribution in [0.1, 0.15) is 0 Å². The van der Waals surface area contributed by atoms with Gasteiger partial charge in [0.2, 0.25) is 0 Å². The summed E-state index contributed by atoms with van der Waals surface area (Å²) in [5.41, 5.74) is 0. The maximum atomic E-state index is 5.95. The van der Waals surface area contributed by atoms with Crippen LogP contribution in [0.5, 0.6) is 23.0 Å². The van der Waals surface area contributed by atoms with Crippen molar-refractivity contribution in [1.29, 1.82) is 0 Å². The molecule has 27 heavy (non-hydrogen) atoms. The van der Waals surface area contributed by atoms with Crippen LogP contribution in [0, 0.1) is 7.14 Å². The molecule has 0 aliphatic rings. The average Bonchev–Trinajstić information content (AvgIpc) is 2.70. The Kier molecular flexibility index (Phi) is 5.70. The highest BCUT2D eigenvalue weighted by Gasteiger charge is 2.17. The van der Waals surface area contributed by atoms with Crippen molar-refractivity contribution in [3.05, 3.63) is 116 Å². The van der Waals surface area contributed by atoms with E-state index in [-0.39, 0.29) is 21.2 Å². The minimum Gasteiger partial charge on any atom is -0.457 e. The zero-order valence-electron chi connectivity index (χ0n) is 14.6. The van der Waals surface area contributed by atoms with E-state index in [0.717, 1.165) is 23.0 Å². The number of hydrogen-bond acceptors (Lipinski definition) is 2. The summed E-state index contributed by atoms with van der Waals surface area (Å²) >= 11 is -0.317. The topological polar surface area (TPSA) is 18.5 Å². The Balaban J connectivity index is 1.47. The molecule has 0 N–H and O–H groups in total. The van der Waals surface area contributed by atoms with Crippen molar-refractivity contribution in [3.63, 3.8) is 0 Å². The van der Waals surface area contributed by atoms with Crippen molar-refractivity contribution < 1.29 is 30.7 Å². The molecule has 0 radical (unpaired) electrons. The molecule has 4 aromatic carbocycles. The Bertz CT molecular complexity index is 918. The first-order valence-electron chi connectivity index (χ1n) is 8.66. The third-order valence-corrected chi connectivity index (χ3v) is 6.36. The summed E-state index contributed by atoms with van der Waals surface area (Å²) in [5, 5.41) is 0.